The average molecular weight is 423 g/mol. The van der Waals surface area contributed by atoms with Crippen LogP contribution in [0.2, 0.25) is 10.0 Å². The van der Waals surface area contributed by atoms with Crippen LogP contribution >= 0.6 is 23.2 Å². The molecule has 3 aromatic carbocycles. The number of hydrogen-bond acceptors (Lipinski definition) is 2. The van der Waals surface area contributed by atoms with Gasteiger partial charge in [-0.3, -0.25) is 0 Å². The molecule has 0 radical (unpaired) electrons. The van der Waals surface area contributed by atoms with Gasteiger partial charge in [-0.15, -0.1) is 0 Å². The molecule has 1 aromatic heterocycles. The lowest BCUT2D eigenvalue weighted by Crippen LogP contribution is -2.01. The predicted octanol–water partition coefficient (Wildman–Crippen LogP) is 6.98. The van der Waals surface area contributed by atoms with Crippen LogP contribution in [-0.4, -0.2) is 16.6 Å². The second-order valence-corrected chi connectivity index (χ2v) is 7.68. The van der Waals surface area contributed by atoms with Crippen molar-refractivity contribution >= 4 is 23.2 Å². The molecule has 0 unspecified atom stereocenters. The summed E-state index contributed by atoms with van der Waals surface area (Å²) in [7, 11) is 0. The first-order valence-corrected chi connectivity index (χ1v) is 10.1. The van der Waals surface area contributed by atoms with Crippen molar-refractivity contribution in [3.8, 4) is 28.4 Å². The van der Waals surface area contributed by atoms with E-state index in [1.807, 2.05) is 73.7 Å². The number of aromatic nitrogens is 2. The second-order valence-electron chi connectivity index (χ2n) is 6.81. The number of H-pyrrole nitrogens is 1. The quantitative estimate of drug-likeness (QED) is 0.363. The molecule has 0 aliphatic heterocycles. The van der Waals surface area contributed by atoms with Gasteiger partial charge in [-0.2, -0.15) is 0 Å². The maximum absolute atomic E-state index is 6.02. The Balaban J connectivity index is 1.42. The molecule has 0 saturated heterocycles. The minimum Gasteiger partial charge on any atom is -0.493 e. The summed E-state index contributed by atoms with van der Waals surface area (Å²) in [5.41, 5.74) is 5.18. The van der Waals surface area contributed by atoms with Gasteiger partial charge in [0.2, 0.25) is 0 Å². The Morgan fingerprint density at radius 3 is 2.31 bits per heavy atom. The summed E-state index contributed by atoms with van der Waals surface area (Å²) in [5.74, 6) is 1.66. The van der Waals surface area contributed by atoms with Gasteiger partial charge in [0.25, 0.3) is 0 Å². The van der Waals surface area contributed by atoms with E-state index < -0.39 is 0 Å². The molecule has 0 aliphatic carbocycles. The van der Waals surface area contributed by atoms with Gasteiger partial charge >= 0.3 is 0 Å². The molecule has 1 heterocycles. The number of nitrogens with zero attached hydrogens (tertiary/aromatic N) is 1. The summed E-state index contributed by atoms with van der Waals surface area (Å²) >= 11 is 12.0. The van der Waals surface area contributed by atoms with Gasteiger partial charge in [0.05, 0.1) is 18.0 Å². The van der Waals surface area contributed by atoms with E-state index in [0.29, 0.717) is 6.61 Å². The first-order valence-electron chi connectivity index (χ1n) is 9.39. The van der Waals surface area contributed by atoms with Crippen LogP contribution in [0.3, 0.4) is 0 Å². The van der Waals surface area contributed by atoms with Gasteiger partial charge in [0, 0.05) is 22.0 Å². The van der Waals surface area contributed by atoms with Crippen molar-refractivity contribution in [2.24, 2.45) is 0 Å². The number of hydrogen-bond donors (Lipinski definition) is 1. The fourth-order valence-corrected chi connectivity index (χ4v) is 3.52. The zero-order valence-corrected chi connectivity index (χ0v) is 17.5. The van der Waals surface area contributed by atoms with E-state index in [-0.39, 0.29) is 0 Å². The lowest BCUT2D eigenvalue weighted by molar-refractivity contribution is 0.322. The van der Waals surface area contributed by atoms with Crippen molar-refractivity contribution < 1.29 is 4.74 Å². The van der Waals surface area contributed by atoms with E-state index in [2.05, 4.69) is 16.0 Å². The highest BCUT2D eigenvalue weighted by molar-refractivity contribution is 6.30. The highest BCUT2D eigenvalue weighted by atomic mass is 35.5. The topological polar surface area (TPSA) is 37.9 Å². The van der Waals surface area contributed by atoms with Crippen LogP contribution < -0.4 is 4.74 Å². The molecule has 4 aromatic rings. The van der Waals surface area contributed by atoms with E-state index in [1.54, 1.807) is 0 Å². The number of rotatable bonds is 6. The molecule has 0 aliphatic rings. The first-order chi connectivity index (χ1) is 14.1. The van der Waals surface area contributed by atoms with E-state index >= 15 is 0 Å². The number of benzene rings is 3. The van der Waals surface area contributed by atoms with Crippen LogP contribution in [0.4, 0.5) is 0 Å². The molecule has 0 amide bonds. The molecule has 146 valence electrons. The Hall–Kier alpha value is -2.75. The Kier molecular flexibility index (Phi) is 5.89. The highest BCUT2D eigenvalue weighted by Gasteiger charge is 2.10. The van der Waals surface area contributed by atoms with Crippen molar-refractivity contribution in [2.45, 2.75) is 13.3 Å². The van der Waals surface area contributed by atoms with Gasteiger partial charge in [0.15, 0.2) is 0 Å². The summed E-state index contributed by atoms with van der Waals surface area (Å²) in [6, 6.07) is 23.5. The van der Waals surface area contributed by atoms with E-state index in [4.69, 9.17) is 27.9 Å². The third kappa shape index (κ3) is 4.81. The zero-order chi connectivity index (χ0) is 20.2. The second kappa shape index (κ2) is 8.73. The smallest absolute Gasteiger partial charge is 0.138 e. The van der Waals surface area contributed by atoms with Crippen LogP contribution in [-0.2, 0) is 6.42 Å². The summed E-state index contributed by atoms with van der Waals surface area (Å²) in [6.45, 7) is 2.59. The molecule has 3 nitrogen and oxygen atoms in total. The van der Waals surface area contributed by atoms with Crippen molar-refractivity contribution in [1.29, 1.82) is 0 Å². The van der Waals surface area contributed by atoms with Gasteiger partial charge in [-0.05, 0) is 66.6 Å². The van der Waals surface area contributed by atoms with Crippen LogP contribution in [0.15, 0.2) is 72.8 Å². The largest absolute Gasteiger partial charge is 0.493 e. The number of ether oxygens (including phenoxy) is 1. The van der Waals surface area contributed by atoms with Crippen molar-refractivity contribution in [3.63, 3.8) is 0 Å². The number of aryl methyl sites for hydroxylation is 1. The molecule has 1 N–H and O–H groups in total. The van der Waals surface area contributed by atoms with Crippen LogP contribution in [0.5, 0.6) is 5.75 Å². The van der Waals surface area contributed by atoms with Gasteiger partial charge in [-0.1, -0.05) is 47.5 Å². The SMILES string of the molecule is Cc1nc(-c2ccc(OCCc3cccc(Cl)c3)cc2)[nH]c1-c1ccc(Cl)cc1. The minimum absolute atomic E-state index is 0.597. The molecule has 4 rings (SSSR count). The van der Waals surface area contributed by atoms with Gasteiger partial charge < -0.3 is 9.72 Å². The van der Waals surface area contributed by atoms with Crippen LogP contribution in [0.25, 0.3) is 22.6 Å². The molecule has 0 fully saturated rings. The Bertz CT molecular complexity index is 1100. The number of halogens is 2. The molecule has 0 bridgehead atoms. The van der Waals surface area contributed by atoms with Crippen molar-refractivity contribution in [1.82, 2.24) is 9.97 Å². The lowest BCUT2D eigenvalue weighted by atomic mass is 10.1. The Morgan fingerprint density at radius 1 is 0.862 bits per heavy atom. The fourth-order valence-electron chi connectivity index (χ4n) is 3.18. The summed E-state index contributed by atoms with van der Waals surface area (Å²) in [6.07, 6.45) is 0.810. The molecule has 5 heteroatoms. The maximum atomic E-state index is 6.02. The molecular formula is C24H20Cl2N2O. The molecule has 0 spiro atoms. The predicted molar refractivity (Wildman–Crippen MR) is 120 cm³/mol. The van der Waals surface area contributed by atoms with E-state index in [1.165, 1.54) is 0 Å². The first kappa shape index (κ1) is 19.6. The third-order valence-corrected chi connectivity index (χ3v) is 5.18. The zero-order valence-electron chi connectivity index (χ0n) is 16.0. The van der Waals surface area contributed by atoms with Crippen LogP contribution in [0.1, 0.15) is 11.3 Å². The Labute approximate surface area is 180 Å². The monoisotopic (exact) mass is 422 g/mol. The van der Waals surface area contributed by atoms with Gasteiger partial charge in [-0.25, -0.2) is 4.98 Å². The maximum Gasteiger partial charge on any atom is 0.138 e. The Morgan fingerprint density at radius 2 is 1.59 bits per heavy atom. The number of nitrogens with one attached hydrogen (secondary N) is 1. The summed E-state index contributed by atoms with van der Waals surface area (Å²) in [4.78, 5) is 8.09. The highest BCUT2D eigenvalue weighted by Crippen LogP contribution is 2.27. The summed E-state index contributed by atoms with van der Waals surface area (Å²) < 4.78 is 5.86. The minimum atomic E-state index is 0.597. The average Bonchev–Trinajstić information content (AvgIpc) is 3.11. The molecule has 29 heavy (non-hydrogen) atoms. The lowest BCUT2D eigenvalue weighted by Gasteiger charge is -2.07. The van der Waals surface area contributed by atoms with Crippen molar-refractivity contribution in [3.05, 3.63) is 94.1 Å². The van der Waals surface area contributed by atoms with Crippen LogP contribution in [0, 0.1) is 6.92 Å². The summed E-state index contributed by atoms with van der Waals surface area (Å²) in [5, 5.41) is 1.47. The molecular weight excluding hydrogens is 403 g/mol. The number of aromatic amines is 1. The molecule has 0 atom stereocenters. The fraction of sp³-hybridized carbons (Fsp3) is 0.125. The van der Waals surface area contributed by atoms with E-state index in [0.717, 1.165) is 56.1 Å². The number of imidazole rings is 1. The van der Waals surface area contributed by atoms with E-state index in [9.17, 15) is 0 Å². The third-order valence-electron chi connectivity index (χ3n) is 4.69. The van der Waals surface area contributed by atoms with Crippen molar-refractivity contribution in [2.75, 3.05) is 6.61 Å². The molecule has 0 saturated carbocycles. The normalized spacial score (nSPS) is 10.9. The van der Waals surface area contributed by atoms with Gasteiger partial charge in [0.1, 0.15) is 11.6 Å². The standard InChI is InChI=1S/C24H20Cl2N2O/c1-16-23(18-5-9-20(25)10-6-18)28-24(27-16)19-7-11-22(12-8-19)29-14-13-17-3-2-4-21(26)15-17/h2-12,15H,13-14H2,1H3,(H,27,28).